The molecule has 0 aliphatic rings. The third-order valence-corrected chi connectivity index (χ3v) is 3.46. The van der Waals surface area contributed by atoms with E-state index in [1.807, 2.05) is 36.6 Å². The monoisotopic (exact) mass is 284 g/mol. The molecule has 0 unspecified atom stereocenters. The van der Waals surface area contributed by atoms with E-state index in [0.29, 0.717) is 5.95 Å². The number of nitrogens with zero attached hydrogens (tertiary/aromatic N) is 2. The van der Waals surface area contributed by atoms with Crippen LogP contribution < -0.4 is 5.32 Å². The molecule has 5 nitrogen and oxygen atoms in total. The number of aryl methyl sites for hydroxylation is 1. The number of amides is 1. The third kappa shape index (κ3) is 2.75. The molecule has 1 aromatic carbocycles. The van der Waals surface area contributed by atoms with Gasteiger partial charge >= 0.3 is 0 Å². The van der Waals surface area contributed by atoms with Crippen LogP contribution in [-0.4, -0.2) is 20.9 Å². The lowest BCUT2D eigenvalue weighted by Gasteiger charge is -1.94. The Morgan fingerprint density at radius 3 is 2.95 bits per heavy atom. The van der Waals surface area contributed by atoms with Crippen LogP contribution in [0.3, 0.4) is 0 Å². The number of carbonyl (C=O) groups excluding carboxylic acids is 1. The summed E-state index contributed by atoms with van der Waals surface area (Å²) in [5.74, 6) is 0.199. The molecule has 0 atom stereocenters. The van der Waals surface area contributed by atoms with E-state index in [0.717, 1.165) is 21.7 Å². The number of H-pyrrole nitrogens is 1. The van der Waals surface area contributed by atoms with Crippen LogP contribution in [-0.2, 0) is 4.79 Å². The van der Waals surface area contributed by atoms with Crippen LogP contribution in [0.15, 0.2) is 35.7 Å². The predicted octanol–water partition coefficient (Wildman–Crippen LogP) is 2.98. The van der Waals surface area contributed by atoms with Gasteiger partial charge in [-0.1, -0.05) is 12.1 Å². The fourth-order valence-corrected chi connectivity index (χ4v) is 2.37. The molecule has 100 valence electrons. The summed E-state index contributed by atoms with van der Waals surface area (Å²) in [6.45, 7) is 1.93. The fourth-order valence-electron chi connectivity index (χ4n) is 1.79. The highest BCUT2D eigenvalue weighted by atomic mass is 32.1. The van der Waals surface area contributed by atoms with Crippen LogP contribution in [0.2, 0.25) is 0 Å². The van der Waals surface area contributed by atoms with Crippen LogP contribution in [0, 0.1) is 6.92 Å². The lowest BCUT2D eigenvalue weighted by Crippen LogP contribution is -2.08. The van der Waals surface area contributed by atoms with Crippen molar-refractivity contribution in [3.8, 4) is 0 Å². The highest BCUT2D eigenvalue weighted by Gasteiger charge is 2.04. The van der Waals surface area contributed by atoms with Gasteiger partial charge < -0.3 is 4.98 Å². The van der Waals surface area contributed by atoms with Gasteiger partial charge in [0.2, 0.25) is 5.95 Å². The zero-order valence-corrected chi connectivity index (χ0v) is 11.6. The lowest BCUT2D eigenvalue weighted by atomic mass is 10.3. The molecule has 0 saturated heterocycles. The SMILES string of the molecule is Cc1nc(/C=C\C(=O)Nc2nc3ccccc3[nH]2)cs1. The molecule has 0 aliphatic heterocycles. The molecule has 0 aliphatic carbocycles. The van der Waals surface area contributed by atoms with Gasteiger partial charge in [-0.15, -0.1) is 11.3 Å². The van der Waals surface area contributed by atoms with Crippen molar-refractivity contribution in [2.45, 2.75) is 6.92 Å². The minimum Gasteiger partial charge on any atom is -0.324 e. The van der Waals surface area contributed by atoms with E-state index in [1.54, 1.807) is 17.4 Å². The number of nitrogens with one attached hydrogen (secondary N) is 2. The smallest absolute Gasteiger partial charge is 0.250 e. The van der Waals surface area contributed by atoms with E-state index in [1.165, 1.54) is 6.08 Å². The molecule has 2 N–H and O–H groups in total. The molecule has 2 aromatic heterocycles. The van der Waals surface area contributed by atoms with Gasteiger partial charge in [-0.2, -0.15) is 0 Å². The number of aromatic amines is 1. The summed E-state index contributed by atoms with van der Waals surface area (Å²) in [7, 11) is 0. The first-order valence-corrected chi connectivity index (χ1v) is 6.94. The second-order valence-corrected chi connectivity index (χ2v) is 5.28. The van der Waals surface area contributed by atoms with Gasteiger partial charge in [0.15, 0.2) is 0 Å². The Morgan fingerprint density at radius 2 is 2.20 bits per heavy atom. The van der Waals surface area contributed by atoms with Crippen LogP contribution >= 0.6 is 11.3 Å². The van der Waals surface area contributed by atoms with E-state index in [4.69, 9.17) is 0 Å². The number of imidazole rings is 1. The van der Waals surface area contributed by atoms with Crippen molar-refractivity contribution in [2.75, 3.05) is 5.32 Å². The summed E-state index contributed by atoms with van der Waals surface area (Å²) >= 11 is 1.55. The Bertz CT molecular complexity index is 754. The number of hydrogen-bond donors (Lipinski definition) is 2. The molecule has 0 radical (unpaired) electrons. The van der Waals surface area contributed by atoms with Crippen LogP contribution in [0.1, 0.15) is 10.7 Å². The van der Waals surface area contributed by atoms with Gasteiger partial charge in [-0.05, 0) is 25.1 Å². The summed E-state index contributed by atoms with van der Waals surface area (Å²) in [5.41, 5.74) is 2.50. The molecule has 0 bridgehead atoms. The number of hydrogen-bond acceptors (Lipinski definition) is 4. The predicted molar refractivity (Wildman–Crippen MR) is 80.6 cm³/mol. The normalized spacial score (nSPS) is 11.2. The van der Waals surface area contributed by atoms with Crippen molar-refractivity contribution >= 4 is 40.3 Å². The molecule has 3 rings (SSSR count). The highest BCUT2D eigenvalue weighted by molar-refractivity contribution is 7.09. The standard InChI is InChI=1S/C14H12N4OS/c1-9-15-10(8-20-9)6-7-13(19)18-14-16-11-4-2-3-5-12(11)17-14/h2-8H,1H3,(H2,16,17,18,19)/b7-6-. The minimum atomic E-state index is -0.241. The van der Waals surface area contributed by atoms with E-state index >= 15 is 0 Å². The Kier molecular flexibility index (Phi) is 3.30. The molecule has 3 aromatic rings. The van der Waals surface area contributed by atoms with Crippen molar-refractivity contribution in [3.63, 3.8) is 0 Å². The maximum Gasteiger partial charge on any atom is 0.250 e. The number of thiazole rings is 1. The van der Waals surface area contributed by atoms with Crippen molar-refractivity contribution < 1.29 is 4.79 Å². The fraction of sp³-hybridized carbons (Fsp3) is 0.0714. The van der Waals surface area contributed by atoms with Crippen LogP contribution in [0.25, 0.3) is 17.1 Å². The van der Waals surface area contributed by atoms with Gasteiger partial charge in [0.1, 0.15) is 0 Å². The molecule has 0 spiro atoms. The second kappa shape index (κ2) is 5.26. The van der Waals surface area contributed by atoms with E-state index in [-0.39, 0.29) is 5.91 Å². The average Bonchev–Trinajstić information content (AvgIpc) is 3.01. The quantitative estimate of drug-likeness (QED) is 0.726. The first-order valence-electron chi connectivity index (χ1n) is 6.07. The largest absolute Gasteiger partial charge is 0.324 e. The summed E-state index contributed by atoms with van der Waals surface area (Å²) in [5, 5.41) is 5.57. The number of fused-ring (bicyclic) bond motifs is 1. The van der Waals surface area contributed by atoms with E-state index in [2.05, 4.69) is 20.3 Å². The van der Waals surface area contributed by atoms with Gasteiger partial charge in [0.25, 0.3) is 5.91 Å². The molecule has 2 heterocycles. The van der Waals surface area contributed by atoms with Crippen molar-refractivity contribution in [3.05, 3.63) is 46.4 Å². The highest BCUT2D eigenvalue weighted by Crippen LogP contribution is 2.13. The van der Waals surface area contributed by atoms with Gasteiger partial charge in [-0.3, -0.25) is 10.1 Å². The molecular formula is C14H12N4OS. The Labute approximate surface area is 119 Å². The zero-order valence-electron chi connectivity index (χ0n) is 10.8. The number of rotatable bonds is 3. The molecular weight excluding hydrogens is 272 g/mol. The van der Waals surface area contributed by atoms with Gasteiger partial charge in [0.05, 0.1) is 21.7 Å². The second-order valence-electron chi connectivity index (χ2n) is 4.22. The van der Waals surface area contributed by atoms with Crippen LogP contribution in [0.5, 0.6) is 0 Å². The topological polar surface area (TPSA) is 70.7 Å². The van der Waals surface area contributed by atoms with Crippen molar-refractivity contribution in [1.82, 2.24) is 15.0 Å². The number of benzene rings is 1. The molecule has 0 saturated carbocycles. The first-order chi connectivity index (χ1) is 9.70. The summed E-state index contributed by atoms with van der Waals surface area (Å²) in [6, 6.07) is 7.61. The number of para-hydroxylation sites is 2. The molecule has 0 fully saturated rings. The zero-order chi connectivity index (χ0) is 13.9. The van der Waals surface area contributed by atoms with Gasteiger partial charge in [0, 0.05) is 11.5 Å². The molecule has 20 heavy (non-hydrogen) atoms. The molecule has 1 amide bonds. The minimum absolute atomic E-state index is 0.241. The van der Waals surface area contributed by atoms with E-state index < -0.39 is 0 Å². The van der Waals surface area contributed by atoms with Crippen molar-refractivity contribution in [1.29, 1.82) is 0 Å². The van der Waals surface area contributed by atoms with Gasteiger partial charge in [-0.25, -0.2) is 9.97 Å². The lowest BCUT2D eigenvalue weighted by molar-refractivity contribution is -0.111. The Balaban J connectivity index is 1.70. The van der Waals surface area contributed by atoms with Crippen molar-refractivity contribution in [2.24, 2.45) is 0 Å². The Morgan fingerprint density at radius 1 is 1.35 bits per heavy atom. The van der Waals surface area contributed by atoms with E-state index in [9.17, 15) is 4.79 Å². The number of carbonyl (C=O) groups is 1. The molecule has 6 heteroatoms. The maximum absolute atomic E-state index is 11.8. The third-order valence-electron chi connectivity index (χ3n) is 2.67. The average molecular weight is 284 g/mol. The Hall–Kier alpha value is -2.47. The summed E-state index contributed by atoms with van der Waals surface area (Å²) in [4.78, 5) is 23.4. The first kappa shape index (κ1) is 12.6. The summed E-state index contributed by atoms with van der Waals surface area (Å²) in [6.07, 6.45) is 3.13. The summed E-state index contributed by atoms with van der Waals surface area (Å²) < 4.78 is 0. The number of aromatic nitrogens is 3. The van der Waals surface area contributed by atoms with Crippen LogP contribution in [0.4, 0.5) is 5.95 Å². The maximum atomic E-state index is 11.8. The number of anilines is 1.